The lowest BCUT2D eigenvalue weighted by molar-refractivity contribution is 0.0972. The van der Waals surface area contributed by atoms with Crippen LogP contribution in [-0.4, -0.2) is 20.5 Å². The molecule has 1 aliphatic rings. The summed E-state index contributed by atoms with van der Waals surface area (Å²) in [6, 6.07) is 5.92. The van der Waals surface area contributed by atoms with Crippen LogP contribution in [0, 0.1) is 0 Å². The van der Waals surface area contributed by atoms with Gasteiger partial charge in [-0.1, -0.05) is 0 Å². The highest BCUT2D eigenvalue weighted by Crippen LogP contribution is 2.30. The van der Waals surface area contributed by atoms with Gasteiger partial charge < -0.3 is 5.73 Å². The van der Waals surface area contributed by atoms with E-state index in [2.05, 4.69) is 26.0 Å². The number of nitrogen functional groups attached to an aromatic ring is 1. The molecule has 2 N–H and O–H groups in total. The van der Waals surface area contributed by atoms with Crippen LogP contribution in [0.15, 0.2) is 35.1 Å². The highest BCUT2D eigenvalue weighted by molar-refractivity contribution is 9.10. The number of nitrogens with two attached hydrogens (primary N) is 1. The van der Waals surface area contributed by atoms with Crippen LogP contribution in [0.25, 0.3) is 16.5 Å². The first-order chi connectivity index (χ1) is 10.6. The highest BCUT2D eigenvalue weighted by atomic mass is 79.9. The normalized spacial score (nSPS) is 14.3. The van der Waals surface area contributed by atoms with Crippen LogP contribution >= 0.6 is 15.9 Å². The number of pyridine rings is 1. The molecule has 0 radical (unpaired) electrons. The number of nitrogens with zero attached hydrogens (tertiary/aromatic N) is 3. The Morgan fingerprint density at radius 3 is 2.91 bits per heavy atom. The summed E-state index contributed by atoms with van der Waals surface area (Å²) >= 11 is 3.51. The number of carbonyl (C=O) groups excluding carboxylic acids is 1. The summed E-state index contributed by atoms with van der Waals surface area (Å²) in [6.07, 6.45) is 5.75. The lowest BCUT2D eigenvalue weighted by atomic mass is 9.97. The first-order valence-corrected chi connectivity index (χ1v) is 7.88. The van der Waals surface area contributed by atoms with Gasteiger partial charge in [-0.3, -0.25) is 4.79 Å². The van der Waals surface area contributed by atoms with Crippen LogP contribution in [0.2, 0.25) is 0 Å². The fourth-order valence-corrected chi connectivity index (χ4v) is 3.40. The quantitative estimate of drug-likeness (QED) is 0.725. The second kappa shape index (κ2) is 4.91. The summed E-state index contributed by atoms with van der Waals surface area (Å²) < 4.78 is 2.74. The van der Waals surface area contributed by atoms with Crippen LogP contribution < -0.4 is 5.73 Å². The topological polar surface area (TPSA) is 73.8 Å². The van der Waals surface area contributed by atoms with E-state index < -0.39 is 0 Å². The maximum Gasteiger partial charge on any atom is 0.166 e. The molecule has 2 aromatic heterocycles. The van der Waals surface area contributed by atoms with E-state index in [0.717, 1.165) is 45.0 Å². The molecule has 22 heavy (non-hydrogen) atoms. The van der Waals surface area contributed by atoms with Crippen LogP contribution in [0.1, 0.15) is 28.9 Å². The number of Topliss-reactive ketones (excluding diaryl/α,β-unsaturated/α-hetero) is 1. The molecule has 1 aliphatic carbocycles. The van der Waals surface area contributed by atoms with Crippen LogP contribution in [-0.2, 0) is 6.42 Å². The number of hydrogen-bond acceptors (Lipinski definition) is 4. The van der Waals surface area contributed by atoms with E-state index >= 15 is 0 Å². The van der Waals surface area contributed by atoms with Gasteiger partial charge in [0.05, 0.1) is 23.1 Å². The van der Waals surface area contributed by atoms with Gasteiger partial charge in [-0.05, 0) is 47.0 Å². The molecule has 0 bridgehead atoms. The van der Waals surface area contributed by atoms with Crippen molar-refractivity contribution in [3.05, 3.63) is 46.3 Å². The van der Waals surface area contributed by atoms with Crippen LogP contribution in [0.5, 0.6) is 0 Å². The average molecular weight is 357 g/mol. The van der Waals surface area contributed by atoms with Gasteiger partial charge >= 0.3 is 0 Å². The van der Waals surface area contributed by atoms with Gasteiger partial charge in [0.1, 0.15) is 5.82 Å². The molecular formula is C16H13BrN4O. The largest absolute Gasteiger partial charge is 0.383 e. The maximum absolute atomic E-state index is 12.0. The molecule has 0 saturated heterocycles. The number of benzene rings is 1. The third-order valence-electron chi connectivity index (χ3n) is 4.08. The standard InChI is InChI=1S/C16H13BrN4O/c17-13-8-19-16(18)10-5-4-9(6-11(10)13)21-14-2-1-3-15(22)12(14)7-20-21/h4-8H,1-3H2,(H2,18,19). The van der Waals surface area contributed by atoms with Crippen LogP contribution in [0.4, 0.5) is 5.82 Å². The third-order valence-corrected chi connectivity index (χ3v) is 4.72. The van der Waals surface area contributed by atoms with Crippen molar-refractivity contribution in [2.45, 2.75) is 19.3 Å². The summed E-state index contributed by atoms with van der Waals surface area (Å²) in [4.78, 5) is 16.1. The van der Waals surface area contributed by atoms with Crippen molar-refractivity contribution in [2.75, 3.05) is 5.73 Å². The Morgan fingerprint density at radius 2 is 2.05 bits per heavy atom. The minimum Gasteiger partial charge on any atom is -0.383 e. The van der Waals surface area contributed by atoms with Crippen molar-refractivity contribution in [3.63, 3.8) is 0 Å². The van der Waals surface area contributed by atoms with Gasteiger partial charge in [0, 0.05) is 27.9 Å². The Labute approximate surface area is 135 Å². The Morgan fingerprint density at radius 1 is 1.18 bits per heavy atom. The fraction of sp³-hybridized carbons (Fsp3) is 0.188. The molecule has 0 unspecified atom stereocenters. The number of rotatable bonds is 1. The van der Waals surface area contributed by atoms with Gasteiger partial charge in [0.2, 0.25) is 0 Å². The van der Waals surface area contributed by atoms with Crippen molar-refractivity contribution < 1.29 is 4.79 Å². The molecule has 110 valence electrons. The first kappa shape index (κ1) is 13.5. The lowest BCUT2D eigenvalue weighted by Crippen LogP contribution is -2.12. The van der Waals surface area contributed by atoms with Crippen molar-refractivity contribution in [1.29, 1.82) is 0 Å². The zero-order chi connectivity index (χ0) is 15.3. The Kier molecular flexibility index (Phi) is 3.00. The number of fused-ring (bicyclic) bond motifs is 2. The summed E-state index contributed by atoms with van der Waals surface area (Å²) in [6.45, 7) is 0. The molecule has 0 fully saturated rings. The number of aromatic nitrogens is 3. The minimum absolute atomic E-state index is 0.183. The predicted octanol–water partition coefficient (Wildman–Crippen LogP) is 3.28. The van der Waals surface area contributed by atoms with Gasteiger partial charge in [0.15, 0.2) is 5.78 Å². The molecule has 5 nitrogen and oxygen atoms in total. The SMILES string of the molecule is Nc1ncc(Br)c2cc(-n3ncc4c3CCCC4=O)ccc12. The van der Waals surface area contributed by atoms with E-state index in [4.69, 9.17) is 5.73 Å². The smallest absolute Gasteiger partial charge is 0.166 e. The molecule has 0 aliphatic heterocycles. The molecule has 3 aromatic rings. The van der Waals surface area contributed by atoms with Crippen molar-refractivity contribution >= 4 is 38.3 Å². The van der Waals surface area contributed by atoms with Crippen molar-refractivity contribution in [2.24, 2.45) is 0 Å². The Bertz CT molecular complexity index is 916. The second-order valence-corrected chi connectivity index (χ2v) is 6.27. The fourth-order valence-electron chi connectivity index (χ4n) is 2.97. The van der Waals surface area contributed by atoms with Crippen LogP contribution in [0.3, 0.4) is 0 Å². The van der Waals surface area contributed by atoms with E-state index in [0.29, 0.717) is 12.2 Å². The number of hydrogen-bond donors (Lipinski definition) is 1. The number of carbonyl (C=O) groups is 1. The average Bonchev–Trinajstić information content (AvgIpc) is 2.96. The van der Waals surface area contributed by atoms with Gasteiger partial charge in [-0.2, -0.15) is 5.10 Å². The number of anilines is 1. The monoisotopic (exact) mass is 356 g/mol. The molecule has 0 spiro atoms. The van der Waals surface area contributed by atoms with Crippen molar-refractivity contribution in [1.82, 2.24) is 14.8 Å². The molecule has 2 heterocycles. The lowest BCUT2D eigenvalue weighted by Gasteiger charge is -2.14. The second-order valence-electron chi connectivity index (χ2n) is 5.41. The predicted molar refractivity (Wildman–Crippen MR) is 88.2 cm³/mol. The Hall–Kier alpha value is -2.21. The molecule has 6 heteroatoms. The third kappa shape index (κ3) is 1.94. The first-order valence-electron chi connectivity index (χ1n) is 7.09. The summed E-state index contributed by atoms with van der Waals surface area (Å²) in [5, 5.41) is 6.29. The molecule has 0 amide bonds. The van der Waals surface area contributed by atoms with E-state index in [1.807, 2.05) is 22.9 Å². The summed E-state index contributed by atoms with van der Waals surface area (Å²) in [7, 11) is 0. The molecule has 0 atom stereocenters. The van der Waals surface area contributed by atoms with E-state index in [1.165, 1.54) is 0 Å². The zero-order valence-electron chi connectivity index (χ0n) is 11.7. The maximum atomic E-state index is 12.0. The van der Waals surface area contributed by atoms with E-state index in [1.54, 1.807) is 12.4 Å². The molecule has 4 rings (SSSR count). The Balaban J connectivity index is 1.92. The van der Waals surface area contributed by atoms with Gasteiger partial charge in [-0.25, -0.2) is 9.67 Å². The zero-order valence-corrected chi connectivity index (χ0v) is 13.3. The summed E-state index contributed by atoms with van der Waals surface area (Å²) in [5.41, 5.74) is 8.59. The molecular weight excluding hydrogens is 344 g/mol. The molecule has 0 saturated carbocycles. The van der Waals surface area contributed by atoms with Gasteiger partial charge in [0.25, 0.3) is 0 Å². The minimum atomic E-state index is 0.183. The summed E-state index contributed by atoms with van der Waals surface area (Å²) in [5.74, 6) is 0.685. The highest BCUT2D eigenvalue weighted by Gasteiger charge is 2.22. The van der Waals surface area contributed by atoms with E-state index in [-0.39, 0.29) is 5.78 Å². The number of halogens is 1. The van der Waals surface area contributed by atoms with Gasteiger partial charge in [-0.15, -0.1) is 0 Å². The van der Waals surface area contributed by atoms with Crippen molar-refractivity contribution in [3.8, 4) is 5.69 Å². The number of ketones is 1. The molecule has 1 aromatic carbocycles. The van der Waals surface area contributed by atoms with E-state index in [9.17, 15) is 4.79 Å².